The van der Waals surface area contributed by atoms with Crippen molar-refractivity contribution < 1.29 is 14.4 Å². The number of nitrogens with one attached hydrogen (secondary N) is 1. The first-order valence-electron chi connectivity index (χ1n) is 8.96. The van der Waals surface area contributed by atoms with Crippen LogP contribution >= 0.6 is 11.6 Å². The van der Waals surface area contributed by atoms with Crippen LogP contribution in [-0.2, 0) is 21.4 Å². The molecule has 148 valence electrons. The highest BCUT2D eigenvalue weighted by Gasteiger charge is 2.29. The van der Waals surface area contributed by atoms with Gasteiger partial charge in [-0.1, -0.05) is 25.4 Å². The SMILES string of the molecule is Cc1nn(C)c(Cl)c1C=CC(=O)N1CCCN1C(=O)CNC(=O)CC(C)C. The number of aromatic nitrogens is 2. The van der Waals surface area contributed by atoms with Gasteiger partial charge in [-0.15, -0.1) is 0 Å². The van der Waals surface area contributed by atoms with Crippen LogP contribution in [0.4, 0.5) is 0 Å². The van der Waals surface area contributed by atoms with Gasteiger partial charge < -0.3 is 5.32 Å². The highest BCUT2D eigenvalue weighted by atomic mass is 35.5. The van der Waals surface area contributed by atoms with E-state index in [9.17, 15) is 14.4 Å². The molecule has 0 unspecified atom stereocenters. The summed E-state index contributed by atoms with van der Waals surface area (Å²) < 4.78 is 1.53. The van der Waals surface area contributed by atoms with E-state index in [0.717, 1.165) is 0 Å². The molecule has 0 spiro atoms. The van der Waals surface area contributed by atoms with E-state index < -0.39 is 0 Å². The smallest absolute Gasteiger partial charge is 0.265 e. The number of hydrazine groups is 1. The minimum atomic E-state index is -0.311. The first-order chi connectivity index (χ1) is 12.7. The van der Waals surface area contributed by atoms with Crippen LogP contribution in [0.25, 0.3) is 6.08 Å². The minimum absolute atomic E-state index is 0.118. The van der Waals surface area contributed by atoms with Crippen molar-refractivity contribution in [2.45, 2.75) is 33.6 Å². The van der Waals surface area contributed by atoms with Crippen molar-refractivity contribution in [3.05, 3.63) is 22.5 Å². The molecule has 1 fully saturated rings. The zero-order chi connectivity index (χ0) is 20.1. The maximum atomic E-state index is 12.5. The number of hydrogen-bond acceptors (Lipinski definition) is 4. The molecule has 8 nitrogen and oxygen atoms in total. The third-order valence-electron chi connectivity index (χ3n) is 4.19. The van der Waals surface area contributed by atoms with Crippen molar-refractivity contribution in [2.75, 3.05) is 19.6 Å². The van der Waals surface area contributed by atoms with Crippen LogP contribution in [0.3, 0.4) is 0 Å². The van der Waals surface area contributed by atoms with Gasteiger partial charge in [0.1, 0.15) is 5.15 Å². The molecule has 27 heavy (non-hydrogen) atoms. The number of carbonyl (C=O) groups excluding carboxylic acids is 3. The largest absolute Gasteiger partial charge is 0.347 e. The molecule has 2 rings (SSSR count). The maximum absolute atomic E-state index is 12.5. The fourth-order valence-electron chi connectivity index (χ4n) is 2.88. The molecule has 1 aromatic heterocycles. The van der Waals surface area contributed by atoms with E-state index in [4.69, 9.17) is 11.6 Å². The van der Waals surface area contributed by atoms with Gasteiger partial charge in [0.25, 0.3) is 11.8 Å². The van der Waals surface area contributed by atoms with E-state index in [-0.39, 0.29) is 30.2 Å². The molecule has 0 radical (unpaired) electrons. The number of amides is 3. The molecular formula is C18H26ClN5O3. The maximum Gasteiger partial charge on any atom is 0.265 e. The minimum Gasteiger partial charge on any atom is -0.347 e. The molecule has 1 aliphatic rings. The molecule has 1 aliphatic heterocycles. The second-order valence-corrected chi connectivity index (χ2v) is 7.31. The van der Waals surface area contributed by atoms with Gasteiger partial charge in [-0.2, -0.15) is 5.10 Å². The molecule has 0 aliphatic carbocycles. The van der Waals surface area contributed by atoms with Gasteiger partial charge in [-0.3, -0.25) is 19.1 Å². The Balaban J connectivity index is 1.98. The Hall–Kier alpha value is -2.35. The van der Waals surface area contributed by atoms with Gasteiger partial charge >= 0.3 is 0 Å². The predicted octanol–water partition coefficient (Wildman–Crippen LogP) is 1.53. The third kappa shape index (κ3) is 5.32. The lowest BCUT2D eigenvalue weighted by atomic mass is 10.1. The van der Waals surface area contributed by atoms with Gasteiger partial charge in [0.15, 0.2) is 0 Å². The number of nitrogens with zero attached hydrogens (tertiary/aromatic N) is 4. The van der Waals surface area contributed by atoms with Crippen LogP contribution in [0.15, 0.2) is 6.08 Å². The summed E-state index contributed by atoms with van der Waals surface area (Å²) in [6.45, 7) is 6.46. The van der Waals surface area contributed by atoms with Gasteiger partial charge in [0.05, 0.1) is 12.2 Å². The fraction of sp³-hybridized carbons (Fsp3) is 0.556. The van der Waals surface area contributed by atoms with E-state index in [2.05, 4.69) is 10.4 Å². The monoisotopic (exact) mass is 395 g/mol. The van der Waals surface area contributed by atoms with Crippen molar-refractivity contribution in [1.29, 1.82) is 0 Å². The van der Waals surface area contributed by atoms with E-state index in [1.54, 1.807) is 13.1 Å². The van der Waals surface area contributed by atoms with E-state index in [1.807, 2.05) is 20.8 Å². The quantitative estimate of drug-likeness (QED) is 0.740. The van der Waals surface area contributed by atoms with Crippen molar-refractivity contribution in [1.82, 2.24) is 25.1 Å². The molecule has 1 aromatic rings. The third-order valence-corrected chi connectivity index (χ3v) is 4.64. The normalized spacial score (nSPS) is 14.4. The Morgan fingerprint density at radius 1 is 1.26 bits per heavy atom. The summed E-state index contributed by atoms with van der Waals surface area (Å²) in [5.41, 5.74) is 1.39. The van der Waals surface area contributed by atoms with E-state index in [0.29, 0.717) is 42.3 Å². The number of carbonyl (C=O) groups is 3. The average molecular weight is 396 g/mol. The number of hydrogen-bond donors (Lipinski definition) is 1. The van der Waals surface area contributed by atoms with Crippen molar-refractivity contribution >= 4 is 35.4 Å². The molecule has 9 heteroatoms. The van der Waals surface area contributed by atoms with Crippen molar-refractivity contribution in [2.24, 2.45) is 13.0 Å². The van der Waals surface area contributed by atoms with E-state index in [1.165, 1.54) is 20.8 Å². The summed E-state index contributed by atoms with van der Waals surface area (Å²) in [5.74, 6) is -0.564. The Labute approximate surface area is 164 Å². The molecule has 1 saturated heterocycles. The van der Waals surface area contributed by atoms with Gasteiger partial charge in [-0.25, -0.2) is 10.0 Å². The van der Waals surface area contributed by atoms with Crippen LogP contribution in [0.5, 0.6) is 0 Å². The summed E-state index contributed by atoms with van der Waals surface area (Å²) in [5, 5.41) is 10.0. The zero-order valence-electron chi connectivity index (χ0n) is 16.2. The van der Waals surface area contributed by atoms with Gasteiger partial charge in [0, 0.05) is 38.2 Å². The Bertz CT molecular complexity index is 756. The Morgan fingerprint density at radius 2 is 1.93 bits per heavy atom. The second-order valence-electron chi connectivity index (χ2n) is 6.95. The zero-order valence-corrected chi connectivity index (χ0v) is 16.9. The highest BCUT2D eigenvalue weighted by molar-refractivity contribution is 6.31. The number of aryl methyl sites for hydroxylation is 2. The van der Waals surface area contributed by atoms with Crippen LogP contribution in [0, 0.1) is 12.8 Å². The summed E-state index contributed by atoms with van der Waals surface area (Å²) in [7, 11) is 1.73. The summed E-state index contributed by atoms with van der Waals surface area (Å²) in [4.78, 5) is 36.6. The molecule has 2 heterocycles. The van der Waals surface area contributed by atoms with Gasteiger partial charge in [-0.05, 0) is 25.3 Å². The first-order valence-corrected chi connectivity index (χ1v) is 9.34. The number of rotatable bonds is 6. The molecule has 0 atom stereocenters. The summed E-state index contributed by atoms with van der Waals surface area (Å²) >= 11 is 6.16. The van der Waals surface area contributed by atoms with Crippen LogP contribution in [-0.4, -0.2) is 57.2 Å². The second kappa shape index (κ2) is 9.03. The topological polar surface area (TPSA) is 87.5 Å². The standard InChI is InChI=1S/C18H26ClN5O3/c1-12(2)10-15(25)20-11-17(27)24-9-5-8-23(24)16(26)7-6-14-13(3)21-22(4)18(14)19/h6-7,12H,5,8-11H2,1-4H3,(H,20,25). The molecule has 0 aromatic carbocycles. The summed E-state index contributed by atoms with van der Waals surface area (Å²) in [6, 6.07) is 0. The average Bonchev–Trinajstić information content (AvgIpc) is 3.16. The lowest BCUT2D eigenvalue weighted by molar-refractivity contribution is -0.154. The van der Waals surface area contributed by atoms with Crippen molar-refractivity contribution in [3.8, 4) is 0 Å². The molecule has 0 saturated carbocycles. The molecule has 3 amide bonds. The predicted molar refractivity (Wildman–Crippen MR) is 102 cm³/mol. The van der Waals surface area contributed by atoms with Crippen LogP contribution in [0.1, 0.15) is 37.9 Å². The molecular weight excluding hydrogens is 370 g/mol. The van der Waals surface area contributed by atoms with E-state index >= 15 is 0 Å². The van der Waals surface area contributed by atoms with Crippen LogP contribution < -0.4 is 5.32 Å². The van der Waals surface area contributed by atoms with Gasteiger partial charge in [0.2, 0.25) is 5.91 Å². The molecule has 1 N–H and O–H groups in total. The molecule has 0 bridgehead atoms. The first kappa shape index (κ1) is 21.0. The Morgan fingerprint density at radius 3 is 2.52 bits per heavy atom. The lowest BCUT2D eigenvalue weighted by Gasteiger charge is -2.27. The summed E-state index contributed by atoms with van der Waals surface area (Å²) in [6.07, 6.45) is 4.05. The van der Waals surface area contributed by atoms with Crippen molar-refractivity contribution in [3.63, 3.8) is 0 Å². The lowest BCUT2D eigenvalue weighted by Crippen LogP contribution is -2.48. The Kier molecular flexibility index (Phi) is 7.01. The number of halogens is 1. The highest BCUT2D eigenvalue weighted by Crippen LogP contribution is 2.20. The van der Waals surface area contributed by atoms with Crippen LogP contribution in [0.2, 0.25) is 5.15 Å². The fourth-order valence-corrected chi connectivity index (χ4v) is 3.12.